The molecular formula is C20H31N3O3. The first-order chi connectivity index (χ1) is 12.4. The summed E-state index contributed by atoms with van der Waals surface area (Å²) in [6, 6.07) is 1.84. The van der Waals surface area contributed by atoms with Crippen LogP contribution in [-0.2, 0) is 11.2 Å². The van der Waals surface area contributed by atoms with Gasteiger partial charge in [-0.25, -0.2) is 9.78 Å². The van der Waals surface area contributed by atoms with Crippen molar-refractivity contribution >= 4 is 6.09 Å². The maximum absolute atomic E-state index is 12.3. The highest BCUT2D eigenvalue weighted by molar-refractivity contribution is 5.68. The number of amides is 1. The number of piperidine rings is 1. The predicted molar refractivity (Wildman–Crippen MR) is 99.2 cm³/mol. The third-order valence-corrected chi connectivity index (χ3v) is 4.91. The molecule has 1 saturated carbocycles. The van der Waals surface area contributed by atoms with E-state index >= 15 is 0 Å². The van der Waals surface area contributed by atoms with Gasteiger partial charge >= 0.3 is 6.09 Å². The second kappa shape index (κ2) is 8.23. The first-order valence-corrected chi connectivity index (χ1v) is 9.85. The van der Waals surface area contributed by atoms with Crippen molar-refractivity contribution in [2.45, 2.75) is 77.4 Å². The standard InChI is InChI=1S/C20H31N3O3/c1-20(2,3)26-19(24)23-12-6-7-15(14-23)13-17-21-11-10-18(22-17)25-16-8-4-5-9-16/h10-11,15-16H,4-9,12-14H2,1-3H3/t15-/m0/s1. The van der Waals surface area contributed by atoms with Gasteiger partial charge in [0.25, 0.3) is 0 Å². The average Bonchev–Trinajstić information content (AvgIpc) is 3.07. The van der Waals surface area contributed by atoms with E-state index in [4.69, 9.17) is 9.47 Å². The number of hydrogen-bond acceptors (Lipinski definition) is 5. The Kier molecular flexibility index (Phi) is 5.99. The molecule has 1 aliphatic carbocycles. The molecule has 2 fully saturated rings. The van der Waals surface area contributed by atoms with E-state index < -0.39 is 5.60 Å². The lowest BCUT2D eigenvalue weighted by Crippen LogP contribution is -2.43. The first kappa shape index (κ1) is 18.9. The van der Waals surface area contributed by atoms with E-state index in [2.05, 4.69) is 9.97 Å². The van der Waals surface area contributed by atoms with Crippen molar-refractivity contribution in [3.05, 3.63) is 18.1 Å². The zero-order valence-electron chi connectivity index (χ0n) is 16.2. The van der Waals surface area contributed by atoms with Gasteiger partial charge in [0.2, 0.25) is 5.88 Å². The van der Waals surface area contributed by atoms with E-state index in [9.17, 15) is 4.79 Å². The van der Waals surface area contributed by atoms with Crippen LogP contribution < -0.4 is 4.74 Å². The van der Waals surface area contributed by atoms with Crippen LogP contribution in [0.25, 0.3) is 0 Å². The zero-order valence-corrected chi connectivity index (χ0v) is 16.2. The number of hydrogen-bond donors (Lipinski definition) is 0. The van der Waals surface area contributed by atoms with Gasteiger partial charge in [0, 0.05) is 31.8 Å². The summed E-state index contributed by atoms with van der Waals surface area (Å²) in [5.41, 5.74) is -0.459. The Morgan fingerprint density at radius 2 is 2.00 bits per heavy atom. The van der Waals surface area contributed by atoms with Gasteiger partial charge in [-0.2, -0.15) is 4.98 Å². The first-order valence-electron chi connectivity index (χ1n) is 9.85. The Morgan fingerprint density at radius 1 is 1.23 bits per heavy atom. The Labute approximate surface area is 156 Å². The van der Waals surface area contributed by atoms with Crippen LogP contribution in [-0.4, -0.2) is 45.8 Å². The maximum atomic E-state index is 12.3. The largest absolute Gasteiger partial charge is 0.474 e. The summed E-state index contributed by atoms with van der Waals surface area (Å²) in [5.74, 6) is 1.84. The van der Waals surface area contributed by atoms with E-state index in [1.807, 2.05) is 31.7 Å². The zero-order chi connectivity index (χ0) is 18.6. The third kappa shape index (κ3) is 5.58. The van der Waals surface area contributed by atoms with Crippen LogP contribution in [0.1, 0.15) is 65.1 Å². The number of nitrogens with zero attached hydrogens (tertiary/aromatic N) is 3. The third-order valence-electron chi connectivity index (χ3n) is 4.91. The minimum Gasteiger partial charge on any atom is -0.474 e. The molecule has 1 amide bonds. The van der Waals surface area contributed by atoms with E-state index in [0.717, 1.165) is 44.5 Å². The molecule has 1 aromatic rings. The van der Waals surface area contributed by atoms with E-state index in [1.54, 1.807) is 6.20 Å². The lowest BCUT2D eigenvalue weighted by molar-refractivity contribution is 0.0165. The highest BCUT2D eigenvalue weighted by Crippen LogP contribution is 2.24. The molecule has 3 rings (SSSR count). The van der Waals surface area contributed by atoms with Crippen LogP contribution in [0.4, 0.5) is 4.79 Å². The Balaban J connectivity index is 1.55. The van der Waals surface area contributed by atoms with Gasteiger partial charge in [0.05, 0.1) is 0 Å². The SMILES string of the molecule is CC(C)(C)OC(=O)N1CCC[C@@H](Cc2nccc(OC3CCCC3)n2)C1. The fourth-order valence-electron chi connectivity index (χ4n) is 3.70. The fraction of sp³-hybridized carbons (Fsp3) is 0.750. The molecule has 0 radical (unpaired) electrons. The van der Waals surface area contributed by atoms with Gasteiger partial charge in [-0.3, -0.25) is 0 Å². The maximum Gasteiger partial charge on any atom is 0.410 e. The van der Waals surface area contributed by atoms with Gasteiger partial charge in [-0.1, -0.05) is 0 Å². The van der Waals surface area contributed by atoms with Crippen LogP contribution in [0.3, 0.4) is 0 Å². The predicted octanol–water partition coefficient (Wildman–Crippen LogP) is 3.99. The summed E-state index contributed by atoms with van der Waals surface area (Å²) in [7, 11) is 0. The van der Waals surface area contributed by atoms with Crippen molar-refractivity contribution in [1.82, 2.24) is 14.9 Å². The average molecular weight is 361 g/mol. The summed E-state index contributed by atoms with van der Waals surface area (Å²) in [4.78, 5) is 23.1. The minimum atomic E-state index is -0.459. The molecule has 1 saturated heterocycles. The summed E-state index contributed by atoms with van der Waals surface area (Å²) < 4.78 is 11.5. The molecule has 6 heteroatoms. The molecule has 1 atom stereocenters. The molecule has 1 aromatic heterocycles. The van der Waals surface area contributed by atoms with Crippen LogP contribution in [0.2, 0.25) is 0 Å². The molecule has 144 valence electrons. The molecule has 0 aromatic carbocycles. The van der Waals surface area contributed by atoms with Gasteiger partial charge in [-0.05, 0) is 65.2 Å². The van der Waals surface area contributed by atoms with Crippen molar-refractivity contribution in [1.29, 1.82) is 0 Å². The fourth-order valence-corrected chi connectivity index (χ4v) is 3.70. The van der Waals surface area contributed by atoms with E-state index in [-0.39, 0.29) is 6.09 Å². The summed E-state index contributed by atoms with van der Waals surface area (Å²) in [6.07, 6.45) is 9.41. The van der Waals surface area contributed by atoms with Crippen molar-refractivity contribution in [2.75, 3.05) is 13.1 Å². The van der Waals surface area contributed by atoms with Crippen molar-refractivity contribution in [3.63, 3.8) is 0 Å². The molecule has 0 N–H and O–H groups in total. The summed E-state index contributed by atoms with van der Waals surface area (Å²) in [6.45, 7) is 7.16. The number of rotatable bonds is 4. The second-order valence-corrected chi connectivity index (χ2v) is 8.47. The Morgan fingerprint density at radius 3 is 2.73 bits per heavy atom. The lowest BCUT2D eigenvalue weighted by atomic mass is 9.94. The Hall–Kier alpha value is -1.85. The van der Waals surface area contributed by atoms with E-state index in [1.165, 1.54) is 12.8 Å². The normalized spacial score (nSPS) is 21.7. The van der Waals surface area contributed by atoms with Gasteiger partial charge in [0.15, 0.2) is 0 Å². The quantitative estimate of drug-likeness (QED) is 0.811. The van der Waals surface area contributed by atoms with Crippen LogP contribution in [0.15, 0.2) is 12.3 Å². The van der Waals surface area contributed by atoms with Gasteiger partial charge in [0.1, 0.15) is 17.5 Å². The molecule has 0 bridgehead atoms. The highest BCUT2D eigenvalue weighted by atomic mass is 16.6. The van der Waals surface area contributed by atoms with Crippen LogP contribution in [0, 0.1) is 5.92 Å². The number of ether oxygens (including phenoxy) is 2. The summed E-state index contributed by atoms with van der Waals surface area (Å²) in [5, 5.41) is 0. The number of likely N-dealkylation sites (tertiary alicyclic amines) is 1. The smallest absolute Gasteiger partial charge is 0.410 e. The molecule has 0 spiro atoms. The second-order valence-electron chi connectivity index (χ2n) is 8.47. The lowest BCUT2D eigenvalue weighted by Gasteiger charge is -2.34. The molecule has 6 nitrogen and oxygen atoms in total. The van der Waals surface area contributed by atoms with Crippen LogP contribution in [0.5, 0.6) is 5.88 Å². The monoisotopic (exact) mass is 361 g/mol. The molecule has 1 aliphatic heterocycles. The van der Waals surface area contributed by atoms with Gasteiger partial charge in [-0.15, -0.1) is 0 Å². The van der Waals surface area contributed by atoms with E-state index in [0.29, 0.717) is 24.4 Å². The highest BCUT2D eigenvalue weighted by Gasteiger charge is 2.28. The number of carbonyl (C=O) groups excluding carboxylic acids is 1. The molecular weight excluding hydrogens is 330 g/mol. The molecule has 2 heterocycles. The topological polar surface area (TPSA) is 64.5 Å². The van der Waals surface area contributed by atoms with Crippen molar-refractivity contribution < 1.29 is 14.3 Å². The molecule has 0 unspecified atom stereocenters. The minimum absolute atomic E-state index is 0.221. The van der Waals surface area contributed by atoms with Crippen LogP contribution >= 0.6 is 0 Å². The Bertz CT molecular complexity index is 609. The van der Waals surface area contributed by atoms with Gasteiger partial charge < -0.3 is 14.4 Å². The number of carbonyl (C=O) groups is 1. The summed E-state index contributed by atoms with van der Waals surface area (Å²) >= 11 is 0. The molecule has 2 aliphatic rings. The number of aromatic nitrogens is 2. The van der Waals surface area contributed by atoms with Crippen molar-refractivity contribution in [3.8, 4) is 5.88 Å². The van der Waals surface area contributed by atoms with Crippen molar-refractivity contribution in [2.24, 2.45) is 5.92 Å². The molecule has 26 heavy (non-hydrogen) atoms.